The van der Waals surface area contributed by atoms with Gasteiger partial charge in [-0.3, -0.25) is 0 Å². The third kappa shape index (κ3) is 5.47. The number of nitrogens with two attached hydrogens (primary N) is 1. The highest BCUT2D eigenvalue weighted by molar-refractivity contribution is 4.72. The molecule has 0 bridgehead atoms. The molecule has 2 N–H and O–H groups in total. The zero-order valence-corrected chi connectivity index (χ0v) is 9.78. The topological polar surface area (TPSA) is 47.7 Å². The number of likely N-dealkylation sites (tertiary alicyclic amines) is 1. The van der Waals surface area contributed by atoms with E-state index in [9.17, 15) is 0 Å². The lowest BCUT2D eigenvalue weighted by atomic mass is 10.1. The molecule has 1 fully saturated rings. The summed E-state index contributed by atoms with van der Waals surface area (Å²) in [6.45, 7) is 5.70. The van der Waals surface area contributed by atoms with Crippen LogP contribution in [0.25, 0.3) is 0 Å². The van der Waals surface area contributed by atoms with Crippen molar-refractivity contribution in [1.29, 1.82) is 0 Å². The normalized spacial score (nSPS) is 19.6. The molecule has 0 aromatic heterocycles. The molecule has 0 unspecified atom stereocenters. The Labute approximate surface area is 92.7 Å². The minimum atomic E-state index is 0.454. The summed E-state index contributed by atoms with van der Waals surface area (Å²) in [6, 6.07) is 0. The molecule has 1 rings (SSSR count). The van der Waals surface area contributed by atoms with Gasteiger partial charge >= 0.3 is 0 Å². The van der Waals surface area contributed by atoms with Crippen LogP contribution < -0.4 is 5.73 Å². The minimum Gasteiger partial charge on any atom is -0.383 e. The van der Waals surface area contributed by atoms with Crippen LogP contribution in [0.5, 0.6) is 0 Å². The van der Waals surface area contributed by atoms with Gasteiger partial charge in [-0.25, -0.2) is 0 Å². The van der Waals surface area contributed by atoms with Crippen molar-refractivity contribution in [2.45, 2.75) is 25.4 Å². The first kappa shape index (κ1) is 12.9. The van der Waals surface area contributed by atoms with E-state index in [1.165, 1.54) is 0 Å². The van der Waals surface area contributed by atoms with E-state index in [1.807, 2.05) is 0 Å². The van der Waals surface area contributed by atoms with Crippen LogP contribution >= 0.6 is 0 Å². The maximum absolute atomic E-state index is 5.74. The third-order valence-corrected chi connectivity index (χ3v) is 2.85. The lowest BCUT2D eigenvalue weighted by Crippen LogP contribution is -2.38. The van der Waals surface area contributed by atoms with Crippen molar-refractivity contribution in [3.05, 3.63) is 0 Å². The van der Waals surface area contributed by atoms with E-state index < -0.39 is 0 Å². The van der Waals surface area contributed by atoms with Crippen LogP contribution in [0.1, 0.15) is 19.3 Å². The Kier molecular flexibility index (Phi) is 6.92. The van der Waals surface area contributed by atoms with Crippen LogP contribution in [0.4, 0.5) is 0 Å². The Balaban J connectivity index is 2.02. The highest BCUT2D eigenvalue weighted by atomic mass is 16.5. The molecule has 0 aromatic rings. The van der Waals surface area contributed by atoms with Gasteiger partial charge in [0.15, 0.2) is 0 Å². The summed E-state index contributed by atoms with van der Waals surface area (Å²) in [7, 11) is 1.75. The van der Waals surface area contributed by atoms with Crippen molar-refractivity contribution >= 4 is 0 Å². The van der Waals surface area contributed by atoms with Gasteiger partial charge < -0.3 is 20.1 Å². The molecule has 4 heteroatoms. The number of rotatable bonds is 7. The number of ether oxygens (including phenoxy) is 2. The number of hydrogen-bond acceptors (Lipinski definition) is 4. The standard InChI is InChI=1S/C11H24N2O2/c1-14-10-8-13-6-3-11(4-7-13)15-9-2-5-12/h11H,2-10,12H2,1H3. The molecule has 1 heterocycles. The lowest BCUT2D eigenvalue weighted by molar-refractivity contribution is 0.00297. The summed E-state index contributed by atoms with van der Waals surface area (Å²) in [6.07, 6.45) is 3.72. The largest absolute Gasteiger partial charge is 0.383 e. The minimum absolute atomic E-state index is 0.454. The lowest BCUT2D eigenvalue weighted by Gasteiger charge is -2.31. The molecule has 4 nitrogen and oxygen atoms in total. The second-order valence-corrected chi connectivity index (χ2v) is 4.05. The van der Waals surface area contributed by atoms with Crippen LogP contribution in [0.3, 0.4) is 0 Å². The molecule has 1 saturated heterocycles. The number of nitrogens with zero attached hydrogens (tertiary/aromatic N) is 1. The number of hydrogen-bond donors (Lipinski definition) is 1. The van der Waals surface area contributed by atoms with Gasteiger partial charge in [0.2, 0.25) is 0 Å². The number of piperidine rings is 1. The third-order valence-electron chi connectivity index (χ3n) is 2.85. The van der Waals surface area contributed by atoms with Gasteiger partial charge in [-0.05, 0) is 25.8 Å². The fraction of sp³-hybridized carbons (Fsp3) is 1.00. The number of methoxy groups -OCH3 is 1. The van der Waals surface area contributed by atoms with Gasteiger partial charge in [-0.15, -0.1) is 0 Å². The van der Waals surface area contributed by atoms with Gasteiger partial charge in [0, 0.05) is 33.4 Å². The summed E-state index contributed by atoms with van der Waals surface area (Å²) in [5, 5.41) is 0. The molecule has 90 valence electrons. The van der Waals surface area contributed by atoms with Crippen molar-refractivity contribution in [2.75, 3.05) is 46.5 Å². The van der Waals surface area contributed by atoms with Crippen LogP contribution in [0, 0.1) is 0 Å². The summed E-state index contributed by atoms with van der Waals surface area (Å²) in [5.74, 6) is 0. The van der Waals surface area contributed by atoms with E-state index in [1.54, 1.807) is 7.11 Å². The first-order valence-corrected chi connectivity index (χ1v) is 5.89. The highest BCUT2D eigenvalue weighted by Crippen LogP contribution is 2.13. The van der Waals surface area contributed by atoms with E-state index in [-0.39, 0.29) is 0 Å². The molecule has 0 aromatic carbocycles. The summed E-state index contributed by atoms with van der Waals surface area (Å²) >= 11 is 0. The zero-order chi connectivity index (χ0) is 10.9. The van der Waals surface area contributed by atoms with Crippen LogP contribution in [0.15, 0.2) is 0 Å². The predicted molar refractivity (Wildman–Crippen MR) is 61.0 cm³/mol. The Morgan fingerprint density at radius 1 is 1.27 bits per heavy atom. The van der Waals surface area contributed by atoms with Gasteiger partial charge in [0.25, 0.3) is 0 Å². The molecule has 0 amide bonds. The summed E-state index contributed by atoms with van der Waals surface area (Å²) in [4.78, 5) is 2.44. The molecular weight excluding hydrogens is 192 g/mol. The van der Waals surface area contributed by atoms with Crippen molar-refractivity contribution in [3.63, 3.8) is 0 Å². The average molecular weight is 216 g/mol. The second kappa shape index (κ2) is 8.05. The van der Waals surface area contributed by atoms with E-state index >= 15 is 0 Å². The van der Waals surface area contributed by atoms with Gasteiger partial charge in [-0.2, -0.15) is 0 Å². The average Bonchev–Trinajstić information content (AvgIpc) is 2.28. The van der Waals surface area contributed by atoms with Gasteiger partial charge in [0.1, 0.15) is 0 Å². The molecule has 1 aliphatic rings. The predicted octanol–water partition coefficient (Wildman–Crippen LogP) is 0.463. The molecule has 0 spiro atoms. The first-order valence-electron chi connectivity index (χ1n) is 5.89. The Bertz CT molecular complexity index is 148. The van der Waals surface area contributed by atoms with Crippen LogP contribution in [-0.4, -0.2) is 57.5 Å². The van der Waals surface area contributed by atoms with E-state index in [0.717, 1.165) is 58.7 Å². The van der Waals surface area contributed by atoms with Crippen molar-refractivity contribution in [2.24, 2.45) is 5.73 Å². The molecule has 0 radical (unpaired) electrons. The molecule has 0 saturated carbocycles. The smallest absolute Gasteiger partial charge is 0.0599 e. The van der Waals surface area contributed by atoms with E-state index in [0.29, 0.717) is 6.10 Å². The molecule has 0 aliphatic carbocycles. The van der Waals surface area contributed by atoms with Crippen LogP contribution in [0.2, 0.25) is 0 Å². The fourth-order valence-electron chi connectivity index (χ4n) is 1.85. The Morgan fingerprint density at radius 3 is 2.60 bits per heavy atom. The summed E-state index contributed by atoms with van der Waals surface area (Å²) in [5.41, 5.74) is 5.42. The van der Waals surface area contributed by atoms with Crippen LogP contribution in [-0.2, 0) is 9.47 Å². The highest BCUT2D eigenvalue weighted by Gasteiger charge is 2.18. The molecule has 1 aliphatic heterocycles. The fourth-order valence-corrected chi connectivity index (χ4v) is 1.85. The maximum Gasteiger partial charge on any atom is 0.0599 e. The quantitative estimate of drug-likeness (QED) is 0.628. The summed E-state index contributed by atoms with van der Waals surface area (Å²) < 4.78 is 10.8. The first-order chi connectivity index (χ1) is 7.36. The zero-order valence-electron chi connectivity index (χ0n) is 9.78. The SMILES string of the molecule is COCCN1CCC(OCCCN)CC1. The second-order valence-electron chi connectivity index (χ2n) is 4.05. The molecule has 15 heavy (non-hydrogen) atoms. The van der Waals surface area contributed by atoms with Crippen molar-refractivity contribution in [3.8, 4) is 0 Å². The van der Waals surface area contributed by atoms with Crippen molar-refractivity contribution in [1.82, 2.24) is 4.90 Å². The Hall–Kier alpha value is -0.160. The van der Waals surface area contributed by atoms with Gasteiger partial charge in [-0.1, -0.05) is 0 Å². The maximum atomic E-state index is 5.74. The molecule has 0 atom stereocenters. The van der Waals surface area contributed by atoms with E-state index in [4.69, 9.17) is 15.2 Å². The molecular formula is C11H24N2O2. The van der Waals surface area contributed by atoms with Crippen molar-refractivity contribution < 1.29 is 9.47 Å². The Morgan fingerprint density at radius 2 is 2.00 bits per heavy atom. The monoisotopic (exact) mass is 216 g/mol. The van der Waals surface area contributed by atoms with E-state index in [2.05, 4.69) is 4.90 Å². The van der Waals surface area contributed by atoms with Gasteiger partial charge in [0.05, 0.1) is 12.7 Å².